The Morgan fingerprint density at radius 2 is 1.95 bits per heavy atom. The number of nitrogens with zero attached hydrogens (tertiary/aromatic N) is 1. The van der Waals surface area contributed by atoms with Gasteiger partial charge in [-0.25, -0.2) is 0 Å². The molecular weight excluding hydrogens is 476 g/mol. The minimum absolute atomic E-state index is 0.00635. The topological polar surface area (TPSA) is 103 Å². The number of rotatable bonds is 11. The van der Waals surface area contributed by atoms with Gasteiger partial charge in [0.15, 0.2) is 23.0 Å². The second kappa shape index (κ2) is 11.8. The van der Waals surface area contributed by atoms with Crippen LogP contribution in [-0.2, 0) is 9.53 Å². The van der Waals surface area contributed by atoms with Crippen LogP contribution in [0.1, 0.15) is 48.2 Å². The molecule has 1 aromatic heterocycles. The molecule has 200 valence electrons. The minimum Gasteiger partial charge on any atom is -0.503 e. The van der Waals surface area contributed by atoms with Crippen LogP contribution in [0.25, 0.3) is 0 Å². The lowest BCUT2D eigenvalue weighted by atomic mass is 9.94. The smallest absolute Gasteiger partial charge is 0.290 e. The molecule has 4 rings (SSSR count). The SMILES string of the molecule is COc1cc([C@@H]2C(C(=O)c3ccc(C)o3)=C(O)C(=O)N2CC[NH+]2CCOCC2)ccc1OCCC(C)C. The van der Waals surface area contributed by atoms with E-state index < -0.39 is 23.5 Å². The van der Waals surface area contributed by atoms with Crippen LogP contribution in [0.5, 0.6) is 11.5 Å². The van der Waals surface area contributed by atoms with Gasteiger partial charge >= 0.3 is 0 Å². The van der Waals surface area contributed by atoms with Crippen molar-refractivity contribution < 1.29 is 38.2 Å². The molecule has 1 saturated heterocycles. The molecule has 0 spiro atoms. The number of hydrogen-bond acceptors (Lipinski definition) is 7. The number of furan rings is 1. The van der Waals surface area contributed by atoms with E-state index in [0.717, 1.165) is 19.5 Å². The van der Waals surface area contributed by atoms with Crippen molar-refractivity contribution in [3.05, 3.63) is 58.7 Å². The largest absolute Gasteiger partial charge is 0.503 e. The zero-order valence-electron chi connectivity index (χ0n) is 22.0. The summed E-state index contributed by atoms with van der Waals surface area (Å²) >= 11 is 0. The van der Waals surface area contributed by atoms with Crippen LogP contribution in [0.2, 0.25) is 0 Å². The Morgan fingerprint density at radius 1 is 1.19 bits per heavy atom. The van der Waals surface area contributed by atoms with Crippen molar-refractivity contribution in [1.82, 2.24) is 4.90 Å². The first-order valence-corrected chi connectivity index (χ1v) is 12.9. The number of morpholine rings is 1. The van der Waals surface area contributed by atoms with Gasteiger partial charge in [0.25, 0.3) is 5.91 Å². The number of carbonyl (C=O) groups is 2. The molecule has 1 fully saturated rings. The van der Waals surface area contributed by atoms with Crippen molar-refractivity contribution in [2.75, 3.05) is 53.1 Å². The molecule has 37 heavy (non-hydrogen) atoms. The summed E-state index contributed by atoms with van der Waals surface area (Å²) in [5.74, 6) is 0.616. The number of aliphatic hydroxyl groups excluding tert-OH is 1. The Bertz CT molecular complexity index is 1150. The van der Waals surface area contributed by atoms with Crippen molar-refractivity contribution in [3.8, 4) is 11.5 Å². The monoisotopic (exact) mass is 513 g/mol. The zero-order valence-corrected chi connectivity index (χ0v) is 22.0. The lowest BCUT2D eigenvalue weighted by Gasteiger charge is -2.30. The standard InChI is InChI=1S/C28H36N2O7/c1-18(2)9-14-36-21-8-6-20(17-23(21)34-4)25-24(26(31)22-7-5-19(3)37-22)27(32)28(33)30(25)11-10-29-12-15-35-16-13-29/h5-8,17-18,25,32H,9-16H2,1-4H3/p+1/t25-/m1/s1. The molecular formula is C28H37N2O7+. The molecule has 2 aliphatic rings. The molecule has 1 atom stereocenters. The highest BCUT2D eigenvalue weighted by Crippen LogP contribution is 2.41. The molecule has 0 radical (unpaired) electrons. The fourth-order valence-electron chi connectivity index (χ4n) is 4.72. The molecule has 0 aliphatic carbocycles. The molecule has 2 aromatic rings. The molecule has 0 bridgehead atoms. The Hall–Kier alpha value is -3.30. The first-order chi connectivity index (χ1) is 17.8. The van der Waals surface area contributed by atoms with Crippen LogP contribution in [0.3, 0.4) is 0 Å². The maximum Gasteiger partial charge on any atom is 0.290 e. The summed E-state index contributed by atoms with van der Waals surface area (Å²) in [4.78, 5) is 29.7. The number of quaternary nitrogens is 1. The van der Waals surface area contributed by atoms with Crippen molar-refractivity contribution in [3.63, 3.8) is 0 Å². The second-order valence-electron chi connectivity index (χ2n) is 9.96. The lowest BCUT2D eigenvalue weighted by Crippen LogP contribution is -3.14. The van der Waals surface area contributed by atoms with Crippen LogP contribution >= 0.6 is 0 Å². The third-order valence-electron chi connectivity index (χ3n) is 6.87. The van der Waals surface area contributed by atoms with E-state index >= 15 is 0 Å². The third kappa shape index (κ3) is 5.99. The summed E-state index contributed by atoms with van der Waals surface area (Å²) in [5, 5.41) is 10.9. The van der Waals surface area contributed by atoms with Gasteiger partial charge in [-0.2, -0.15) is 0 Å². The summed E-state index contributed by atoms with van der Waals surface area (Å²) in [6.07, 6.45) is 0.900. The van der Waals surface area contributed by atoms with Gasteiger partial charge in [0, 0.05) is 0 Å². The van der Waals surface area contributed by atoms with Gasteiger partial charge in [-0.15, -0.1) is 0 Å². The van der Waals surface area contributed by atoms with Crippen LogP contribution in [0, 0.1) is 12.8 Å². The van der Waals surface area contributed by atoms with Gasteiger partial charge < -0.3 is 33.5 Å². The molecule has 9 heteroatoms. The average Bonchev–Trinajstić information content (AvgIpc) is 3.44. The number of amides is 1. The fourth-order valence-corrected chi connectivity index (χ4v) is 4.72. The molecule has 2 aliphatic heterocycles. The van der Waals surface area contributed by atoms with Crippen LogP contribution < -0.4 is 14.4 Å². The number of ketones is 1. The van der Waals surface area contributed by atoms with E-state index in [1.54, 1.807) is 43.2 Å². The van der Waals surface area contributed by atoms with Crippen LogP contribution in [0.15, 0.2) is 46.1 Å². The molecule has 0 unspecified atom stereocenters. The predicted octanol–water partition coefficient (Wildman–Crippen LogP) is 2.51. The molecule has 0 saturated carbocycles. The fraction of sp³-hybridized carbons (Fsp3) is 0.500. The van der Waals surface area contributed by atoms with E-state index in [1.165, 1.54) is 4.90 Å². The number of hydrogen-bond donors (Lipinski definition) is 2. The van der Waals surface area contributed by atoms with Crippen molar-refractivity contribution in [1.29, 1.82) is 0 Å². The molecule has 2 N–H and O–H groups in total. The molecule has 3 heterocycles. The van der Waals surface area contributed by atoms with E-state index in [9.17, 15) is 14.7 Å². The normalized spacial score (nSPS) is 18.7. The Balaban J connectivity index is 1.67. The summed E-state index contributed by atoms with van der Waals surface area (Å²) < 4.78 is 22.5. The Morgan fingerprint density at radius 3 is 2.59 bits per heavy atom. The van der Waals surface area contributed by atoms with Gasteiger partial charge in [0.1, 0.15) is 18.8 Å². The number of aryl methyl sites for hydroxylation is 1. The number of aliphatic hydroxyl groups is 1. The van der Waals surface area contributed by atoms with E-state index in [2.05, 4.69) is 13.8 Å². The lowest BCUT2D eigenvalue weighted by molar-refractivity contribution is -0.907. The quantitative estimate of drug-likeness (QED) is 0.445. The second-order valence-corrected chi connectivity index (χ2v) is 9.96. The Kier molecular flexibility index (Phi) is 8.56. The average molecular weight is 514 g/mol. The number of methoxy groups -OCH3 is 1. The minimum atomic E-state index is -0.788. The predicted molar refractivity (Wildman–Crippen MR) is 136 cm³/mol. The maximum atomic E-state index is 13.5. The molecule has 1 amide bonds. The van der Waals surface area contributed by atoms with Crippen molar-refractivity contribution >= 4 is 11.7 Å². The van der Waals surface area contributed by atoms with Gasteiger partial charge in [-0.1, -0.05) is 19.9 Å². The van der Waals surface area contributed by atoms with Crippen LogP contribution in [-0.4, -0.2) is 74.8 Å². The van der Waals surface area contributed by atoms with Gasteiger partial charge in [0.05, 0.1) is 51.6 Å². The number of benzene rings is 1. The van der Waals surface area contributed by atoms with Crippen LogP contribution in [0.4, 0.5) is 0 Å². The highest BCUT2D eigenvalue weighted by Gasteiger charge is 2.45. The summed E-state index contributed by atoms with van der Waals surface area (Å²) in [7, 11) is 1.55. The van der Waals surface area contributed by atoms with E-state index in [4.69, 9.17) is 18.6 Å². The first-order valence-electron chi connectivity index (χ1n) is 12.9. The molecule has 9 nitrogen and oxygen atoms in total. The zero-order chi connectivity index (χ0) is 26.5. The van der Waals surface area contributed by atoms with Crippen molar-refractivity contribution in [2.45, 2.75) is 33.2 Å². The number of Topliss-reactive ketones (excluding diaryl/α,β-unsaturated/α-hetero) is 1. The van der Waals surface area contributed by atoms with Crippen molar-refractivity contribution in [2.24, 2.45) is 5.92 Å². The molecule has 1 aromatic carbocycles. The maximum absolute atomic E-state index is 13.5. The van der Waals surface area contributed by atoms with Gasteiger partial charge in [0.2, 0.25) is 5.78 Å². The summed E-state index contributed by atoms with van der Waals surface area (Å²) in [6.45, 7) is 10.6. The number of carbonyl (C=O) groups excluding carboxylic acids is 2. The third-order valence-corrected chi connectivity index (χ3v) is 6.87. The van der Waals surface area contributed by atoms with E-state index in [1.807, 2.05) is 6.07 Å². The van der Waals surface area contributed by atoms with Gasteiger partial charge in [-0.3, -0.25) is 9.59 Å². The highest BCUT2D eigenvalue weighted by molar-refractivity contribution is 6.15. The number of nitrogens with one attached hydrogen (secondary N) is 1. The first kappa shape index (κ1) is 26.8. The van der Waals surface area contributed by atoms with E-state index in [-0.39, 0.29) is 11.3 Å². The summed E-state index contributed by atoms with van der Waals surface area (Å²) in [5.41, 5.74) is 0.654. The Labute approximate surface area is 217 Å². The number of ether oxygens (including phenoxy) is 3. The highest BCUT2D eigenvalue weighted by atomic mass is 16.5. The van der Waals surface area contributed by atoms with E-state index in [0.29, 0.717) is 61.7 Å². The summed E-state index contributed by atoms with van der Waals surface area (Å²) in [6, 6.07) is 7.84. The van der Waals surface area contributed by atoms with Gasteiger partial charge in [-0.05, 0) is 49.1 Å².